The molecule has 3 heterocycles. The number of benzene rings is 1. The van der Waals surface area contributed by atoms with Crippen molar-refractivity contribution in [1.82, 2.24) is 14.9 Å². The third-order valence-corrected chi connectivity index (χ3v) is 5.51. The maximum atomic E-state index is 6.33. The molecule has 4 rings (SSSR count). The number of piperidine rings is 1. The summed E-state index contributed by atoms with van der Waals surface area (Å²) in [6, 6.07) is 6.72. The predicted octanol–water partition coefficient (Wildman–Crippen LogP) is 3.52. The number of imidazole rings is 1. The Kier molecular flexibility index (Phi) is 3.92. The molecule has 2 atom stereocenters. The highest BCUT2D eigenvalue weighted by Crippen LogP contribution is 2.44. The number of ether oxygens (including phenoxy) is 1. The number of likely N-dealkylation sites (tertiary alicyclic amines) is 1. The Bertz CT molecular complexity index is 688. The molecule has 1 aromatic heterocycles. The van der Waals surface area contributed by atoms with Crippen molar-refractivity contribution in [1.29, 1.82) is 0 Å². The minimum atomic E-state index is -0.169. The molecule has 2 aromatic rings. The molecule has 1 saturated heterocycles. The fourth-order valence-electron chi connectivity index (χ4n) is 4.07. The predicted molar refractivity (Wildman–Crippen MR) is 90.5 cm³/mol. The van der Waals surface area contributed by atoms with E-state index in [1.54, 1.807) is 0 Å². The van der Waals surface area contributed by atoms with Gasteiger partial charge in [0.25, 0.3) is 0 Å². The first kappa shape index (κ1) is 15.2. The molecule has 2 aliphatic heterocycles. The van der Waals surface area contributed by atoms with Gasteiger partial charge in [0, 0.05) is 30.0 Å². The zero-order valence-electron chi connectivity index (χ0n) is 13.4. The van der Waals surface area contributed by atoms with E-state index in [-0.39, 0.29) is 5.60 Å². The lowest BCUT2D eigenvalue weighted by Crippen LogP contribution is -2.50. The highest BCUT2D eigenvalue weighted by Gasteiger charge is 2.43. The van der Waals surface area contributed by atoms with E-state index in [0.29, 0.717) is 6.04 Å². The van der Waals surface area contributed by atoms with Gasteiger partial charge in [0.2, 0.25) is 0 Å². The van der Waals surface area contributed by atoms with Gasteiger partial charge in [-0.15, -0.1) is 0 Å². The molecule has 23 heavy (non-hydrogen) atoms. The minimum Gasteiger partial charge on any atom is -0.370 e. The van der Waals surface area contributed by atoms with Gasteiger partial charge in [-0.25, -0.2) is 4.98 Å². The summed E-state index contributed by atoms with van der Waals surface area (Å²) in [5, 5.41) is 0.805. The zero-order chi connectivity index (χ0) is 15.9. The van der Waals surface area contributed by atoms with Gasteiger partial charge in [-0.05, 0) is 49.4 Å². The largest absolute Gasteiger partial charge is 0.370 e. The molecule has 0 saturated carbocycles. The molecule has 1 spiro atoms. The van der Waals surface area contributed by atoms with E-state index >= 15 is 0 Å². The molecule has 5 heteroatoms. The lowest BCUT2D eigenvalue weighted by Gasteiger charge is -2.48. The van der Waals surface area contributed by atoms with E-state index in [1.807, 2.05) is 18.5 Å². The first-order valence-electron chi connectivity index (χ1n) is 8.31. The van der Waals surface area contributed by atoms with Crippen LogP contribution in [-0.2, 0) is 23.3 Å². The molecular weight excluding hydrogens is 310 g/mol. The lowest BCUT2D eigenvalue weighted by atomic mass is 9.77. The molecule has 0 radical (unpaired) electrons. The van der Waals surface area contributed by atoms with Crippen LogP contribution < -0.4 is 0 Å². The Balaban J connectivity index is 1.57. The van der Waals surface area contributed by atoms with Crippen molar-refractivity contribution in [3.63, 3.8) is 0 Å². The zero-order valence-corrected chi connectivity index (χ0v) is 14.1. The van der Waals surface area contributed by atoms with Crippen LogP contribution in [0.4, 0.5) is 0 Å². The van der Waals surface area contributed by atoms with Crippen LogP contribution >= 0.6 is 11.6 Å². The second-order valence-electron chi connectivity index (χ2n) is 6.70. The van der Waals surface area contributed by atoms with E-state index in [4.69, 9.17) is 16.3 Å². The summed E-state index contributed by atoms with van der Waals surface area (Å²) in [4.78, 5) is 10.0. The Labute approximate surface area is 141 Å². The SMILES string of the molecule is C[C@H]1C[C@@]2(CCN1Cc1ncc[nH]1)OCCc1ccc(Cl)cc12. The second-order valence-corrected chi connectivity index (χ2v) is 7.14. The van der Waals surface area contributed by atoms with Gasteiger partial charge in [0.15, 0.2) is 0 Å². The van der Waals surface area contributed by atoms with Crippen molar-refractivity contribution in [2.75, 3.05) is 13.2 Å². The number of hydrogen-bond donors (Lipinski definition) is 1. The average molecular weight is 332 g/mol. The number of fused-ring (bicyclic) bond motifs is 2. The van der Waals surface area contributed by atoms with E-state index < -0.39 is 0 Å². The summed E-state index contributed by atoms with van der Waals surface area (Å²) in [7, 11) is 0. The van der Waals surface area contributed by atoms with Crippen LogP contribution in [0.2, 0.25) is 5.02 Å². The summed E-state index contributed by atoms with van der Waals surface area (Å²) in [6.45, 7) is 4.96. The molecule has 0 amide bonds. The number of nitrogens with zero attached hydrogens (tertiary/aromatic N) is 2. The maximum Gasteiger partial charge on any atom is 0.120 e. The monoisotopic (exact) mass is 331 g/mol. The summed E-state index contributed by atoms with van der Waals surface area (Å²) in [5.41, 5.74) is 2.53. The van der Waals surface area contributed by atoms with Gasteiger partial charge in [-0.1, -0.05) is 17.7 Å². The molecule has 0 unspecified atom stereocenters. The van der Waals surface area contributed by atoms with Crippen LogP contribution in [0.5, 0.6) is 0 Å². The fraction of sp³-hybridized carbons (Fsp3) is 0.500. The van der Waals surface area contributed by atoms with Crippen LogP contribution in [0, 0.1) is 0 Å². The molecular formula is C18H22ClN3O. The van der Waals surface area contributed by atoms with Crippen molar-refractivity contribution < 1.29 is 4.74 Å². The van der Waals surface area contributed by atoms with Gasteiger partial charge in [0.1, 0.15) is 5.82 Å². The van der Waals surface area contributed by atoms with E-state index in [1.165, 1.54) is 11.1 Å². The number of rotatable bonds is 2. The minimum absolute atomic E-state index is 0.169. The lowest BCUT2D eigenvalue weighted by molar-refractivity contribution is -0.113. The van der Waals surface area contributed by atoms with Crippen LogP contribution in [0.1, 0.15) is 36.7 Å². The summed E-state index contributed by atoms with van der Waals surface area (Å²) < 4.78 is 6.33. The first-order valence-corrected chi connectivity index (χ1v) is 8.69. The van der Waals surface area contributed by atoms with E-state index in [9.17, 15) is 0 Å². The third-order valence-electron chi connectivity index (χ3n) is 5.27. The second kappa shape index (κ2) is 5.93. The van der Waals surface area contributed by atoms with Crippen LogP contribution in [0.3, 0.4) is 0 Å². The number of H-pyrrole nitrogens is 1. The Morgan fingerprint density at radius 2 is 2.39 bits per heavy atom. The smallest absolute Gasteiger partial charge is 0.120 e. The van der Waals surface area contributed by atoms with E-state index in [2.05, 4.69) is 33.9 Å². The highest BCUT2D eigenvalue weighted by atomic mass is 35.5. The van der Waals surface area contributed by atoms with Gasteiger partial charge < -0.3 is 9.72 Å². The number of halogens is 1. The number of aromatic amines is 1. The molecule has 0 bridgehead atoms. The third kappa shape index (κ3) is 2.80. The van der Waals surface area contributed by atoms with Gasteiger partial charge in [-0.3, -0.25) is 4.90 Å². The molecule has 1 fully saturated rings. The van der Waals surface area contributed by atoms with Gasteiger partial charge in [0.05, 0.1) is 18.8 Å². The normalized spacial score (nSPS) is 28.0. The van der Waals surface area contributed by atoms with Gasteiger partial charge >= 0.3 is 0 Å². The summed E-state index contributed by atoms with van der Waals surface area (Å²) in [6.07, 6.45) is 6.69. The van der Waals surface area contributed by atoms with Crippen LogP contribution in [0.15, 0.2) is 30.6 Å². The highest BCUT2D eigenvalue weighted by molar-refractivity contribution is 6.30. The Morgan fingerprint density at radius 1 is 1.48 bits per heavy atom. The van der Waals surface area contributed by atoms with Crippen molar-refractivity contribution in [2.45, 2.75) is 44.4 Å². The standard InChI is InChI=1S/C18H22ClN3O/c1-13-11-18(5-8-22(13)12-17-20-6-7-21-17)16-10-15(19)3-2-14(16)4-9-23-18/h2-3,6-7,10,13H,4-5,8-9,11-12H2,1H3,(H,20,21)/t13-,18+/m0/s1. The number of nitrogens with one attached hydrogen (secondary N) is 1. The number of aromatic nitrogens is 2. The first-order chi connectivity index (χ1) is 11.2. The topological polar surface area (TPSA) is 41.2 Å². The maximum absolute atomic E-state index is 6.33. The number of hydrogen-bond acceptors (Lipinski definition) is 3. The van der Waals surface area contributed by atoms with Crippen molar-refractivity contribution in [3.8, 4) is 0 Å². The van der Waals surface area contributed by atoms with Crippen LogP contribution in [-0.4, -0.2) is 34.1 Å². The molecule has 2 aliphatic rings. The average Bonchev–Trinajstić information content (AvgIpc) is 3.04. The summed E-state index contributed by atoms with van der Waals surface area (Å²) in [5.74, 6) is 1.03. The molecule has 1 N–H and O–H groups in total. The molecule has 1 aromatic carbocycles. The van der Waals surface area contributed by atoms with Gasteiger partial charge in [-0.2, -0.15) is 0 Å². The van der Waals surface area contributed by atoms with Crippen LogP contribution in [0.25, 0.3) is 0 Å². The summed E-state index contributed by atoms with van der Waals surface area (Å²) >= 11 is 6.26. The Morgan fingerprint density at radius 3 is 3.17 bits per heavy atom. The van der Waals surface area contributed by atoms with Crippen molar-refractivity contribution >= 4 is 11.6 Å². The van der Waals surface area contributed by atoms with E-state index in [0.717, 1.165) is 49.8 Å². The molecule has 0 aliphatic carbocycles. The molecule has 122 valence electrons. The molecule has 4 nitrogen and oxygen atoms in total. The quantitative estimate of drug-likeness (QED) is 0.915. The van der Waals surface area contributed by atoms with Crippen molar-refractivity contribution in [3.05, 3.63) is 52.6 Å². The fourth-order valence-corrected chi connectivity index (χ4v) is 4.24. The Hall–Kier alpha value is -1.36. The van der Waals surface area contributed by atoms with Crippen molar-refractivity contribution in [2.24, 2.45) is 0 Å².